The van der Waals surface area contributed by atoms with Crippen molar-refractivity contribution in [3.63, 3.8) is 0 Å². The van der Waals surface area contributed by atoms with Gasteiger partial charge in [-0.1, -0.05) is 71.3 Å². The Balaban J connectivity index is 0.00000784. The van der Waals surface area contributed by atoms with Crippen molar-refractivity contribution in [1.29, 1.82) is 0 Å². The van der Waals surface area contributed by atoms with Gasteiger partial charge in [-0.05, 0) is 30.7 Å². The van der Waals surface area contributed by atoms with E-state index in [1.165, 1.54) is 51.0 Å². The van der Waals surface area contributed by atoms with Crippen LogP contribution in [0.1, 0.15) is 87.1 Å². The molecule has 0 fully saturated rings. The van der Waals surface area contributed by atoms with Crippen LogP contribution in [-0.4, -0.2) is 25.4 Å². The molecular weight excluding hydrogens is 399 g/mol. The number of allylic oxidation sites excluding steroid dienone is 1. The van der Waals surface area contributed by atoms with Gasteiger partial charge >= 0.3 is 29.6 Å². The van der Waals surface area contributed by atoms with Gasteiger partial charge in [0, 0.05) is 11.1 Å². The van der Waals surface area contributed by atoms with Gasteiger partial charge in [-0.15, -0.1) is 0 Å². The van der Waals surface area contributed by atoms with Crippen LogP contribution in [0.5, 0.6) is 5.75 Å². The summed E-state index contributed by atoms with van der Waals surface area (Å²) in [5, 5.41) is 0. The zero-order valence-corrected chi connectivity index (χ0v) is 20.8. The van der Waals surface area contributed by atoms with E-state index in [1.54, 1.807) is 12.1 Å². The van der Waals surface area contributed by atoms with E-state index in [2.05, 4.69) is 13.5 Å². The fourth-order valence-corrected chi connectivity index (χ4v) is 3.67. The molecule has 1 rings (SSSR count). The molecule has 1 aromatic carbocycles. The normalized spacial score (nSPS) is 11.0. The summed E-state index contributed by atoms with van der Waals surface area (Å²) >= 11 is 0. The average molecular weight is 433 g/mol. The topological polar surface area (TPSA) is 83.5 Å². The second-order valence-corrected chi connectivity index (χ2v) is 8.53. The summed E-state index contributed by atoms with van der Waals surface area (Å²) in [4.78, 5) is 11.7. The summed E-state index contributed by atoms with van der Waals surface area (Å²) in [6, 6.07) is 4.50. The number of rotatable bonds is 16. The monoisotopic (exact) mass is 432 g/mol. The Hall–Kier alpha value is -0.660. The number of unbranched alkanes of at least 4 members (excludes halogenated alkanes) is 9. The molecule has 0 aliphatic carbocycles. The minimum absolute atomic E-state index is 0. The molecule has 0 heterocycles. The predicted octanol–water partition coefficient (Wildman–Crippen LogP) is 2.40. The molecular formula is C22H33NaO5S. The first-order valence-corrected chi connectivity index (χ1v) is 11.8. The van der Waals surface area contributed by atoms with Gasteiger partial charge < -0.3 is 9.29 Å². The van der Waals surface area contributed by atoms with Crippen molar-refractivity contribution in [2.45, 2.75) is 76.9 Å². The van der Waals surface area contributed by atoms with Crippen LogP contribution < -0.4 is 34.3 Å². The first-order chi connectivity index (χ1) is 13.4. The summed E-state index contributed by atoms with van der Waals surface area (Å²) in [6.07, 6.45) is 13.3. The van der Waals surface area contributed by atoms with Crippen LogP contribution in [0.3, 0.4) is 0 Å². The van der Waals surface area contributed by atoms with E-state index < -0.39 is 15.9 Å². The van der Waals surface area contributed by atoms with Gasteiger partial charge in [0.05, 0.1) is 22.5 Å². The molecule has 5 nitrogen and oxygen atoms in total. The summed E-state index contributed by atoms with van der Waals surface area (Å²) in [5.41, 5.74) is 0.509. The summed E-state index contributed by atoms with van der Waals surface area (Å²) in [5.74, 6) is -0.680. The quantitative estimate of drug-likeness (QED) is 0.132. The fraction of sp³-hybridized carbons (Fsp3) is 0.591. The van der Waals surface area contributed by atoms with E-state index in [1.807, 2.05) is 0 Å². The first kappa shape index (κ1) is 28.3. The number of ether oxygens (including phenoxy) is 1. The SMILES string of the molecule is C=CC(=O)c1ccc(OCCCCCCCCCCCC)c(CS(=O)(=O)[O-])c1.[Na+]. The predicted molar refractivity (Wildman–Crippen MR) is 112 cm³/mol. The van der Waals surface area contributed by atoms with E-state index in [4.69, 9.17) is 4.74 Å². The first-order valence-electron chi connectivity index (χ1n) is 10.2. The fourth-order valence-electron chi connectivity index (χ4n) is 3.07. The average Bonchev–Trinajstić information content (AvgIpc) is 2.65. The van der Waals surface area contributed by atoms with Gasteiger partial charge in [0.15, 0.2) is 5.78 Å². The molecule has 0 aliphatic rings. The Kier molecular flexibility index (Phi) is 15.7. The second-order valence-electron chi connectivity index (χ2n) is 7.12. The molecule has 0 aliphatic heterocycles. The molecule has 7 heteroatoms. The van der Waals surface area contributed by atoms with Gasteiger partial charge in [-0.3, -0.25) is 4.79 Å². The Morgan fingerprint density at radius 1 is 1.03 bits per heavy atom. The van der Waals surface area contributed by atoms with E-state index >= 15 is 0 Å². The Labute approximate surface area is 198 Å². The van der Waals surface area contributed by atoms with Crippen LogP contribution in [0.15, 0.2) is 30.9 Å². The molecule has 0 spiro atoms. The van der Waals surface area contributed by atoms with Crippen molar-refractivity contribution in [1.82, 2.24) is 0 Å². The van der Waals surface area contributed by atoms with Crippen molar-refractivity contribution in [2.24, 2.45) is 0 Å². The molecule has 0 atom stereocenters. The number of hydrogen-bond donors (Lipinski definition) is 0. The van der Waals surface area contributed by atoms with E-state index in [-0.39, 0.29) is 40.9 Å². The summed E-state index contributed by atoms with van der Waals surface area (Å²) in [7, 11) is -4.47. The van der Waals surface area contributed by atoms with Gasteiger partial charge in [0.25, 0.3) is 0 Å². The number of carbonyl (C=O) groups excluding carboxylic acids is 1. The number of carbonyl (C=O) groups is 1. The Morgan fingerprint density at radius 3 is 2.10 bits per heavy atom. The Morgan fingerprint density at radius 2 is 1.59 bits per heavy atom. The maximum atomic E-state index is 11.7. The Bertz CT molecular complexity index is 716. The van der Waals surface area contributed by atoms with Crippen molar-refractivity contribution >= 4 is 15.9 Å². The molecule has 0 aromatic heterocycles. The molecule has 29 heavy (non-hydrogen) atoms. The second kappa shape index (κ2) is 16.1. The third kappa shape index (κ3) is 13.3. The molecule has 0 radical (unpaired) electrons. The van der Waals surface area contributed by atoms with Crippen LogP contribution in [0, 0.1) is 0 Å². The zero-order valence-electron chi connectivity index (χ0n) is 18.0. The molecule has 0 N–H and O–H groups in total. The molecule has 0 bridgehead atoms. The standard InChI is InChI=1S/C22H34O5S.Na/c1-3-5-6-7-8-9-10-11-12-13-16-27-22-15-14-19(21(23)4-2)17-20(22)18-28(24,25)26;/h4,14-15,17H,2-3,5-13,16,18H2,1H3,(H,24,25,26);/q;+1/p-1. The van der Waals surface area contributed by atoms with Crippen LogP contribution >= 0.6 is 0 Å². The number of hydrogen-bond acceptors (Lipinski definition) is 5. The van der Waals surface area contributed by atoms with E-state index in [0.29, 0.717) is 17.9 Å². The molecule has 1 aromatic rings. The van der Waals surface area contributed by atoms with E-state index in [9.17, 15) is 17.8 Å². The smallest absolute Gasteiger partial charge is 0.748 e. The van der Waals surface area contributed by atoms with Crippen LogP contribution in [0.4, 0.5) is 0 Å². The van der Waals surface area contributed by atoms with E-state index in [0.717, 1.165) is 25.3 Å². The largest absolute Gasteiger partial charge is 1.00 e. The molecule has 0 saturated heterocycles. The summed E-state index contributed by atoms with van der Waals surface area (Å²) < 4.78 is 39.1. The minimum atomic E-state index is -4.47. The minimum Gasteiger partial charge on any atom is -0.748 e. The van der Waals surface area contributed by atoms with Crippen molar-refractivity contribution in [3.8, 4) is 5.75 Å². The number of benzene rings is 1. The molecule has 0 amide bonds. The van der Waals surface area contributed by atoms with Crippen molar-refractivity contribution < 1.29 is 52.1 Å². The van der Waals surface area contributed by atoms with Crippen LogP contribution in [0.25, 0.3) is 0 Å². The van der Waals surface area contributed by atoms with Gasteiger partial charge in [-0.2, -0.15) is 0 Å². The molecule has 0 saturated carbocycles. The van der Waals surface area contributed by atoms with Crippen molar-refractivity contribution in [3.05, 3.63) is 42.0 Å². The third-order valence-corrected chi connectivity index (χ3v) is 5.28. The molecule has 0 unspecified atom stereocenters. The van der Waals surface area contributed by atoms with Gasteiger partial charge in [0.1, 0.15) is 5.75 Å². The maximum Gasteiger partial charge on any atom is 1.00 e. The zero-order chi connectivity index (χ0) is 20.8. The number of ketones is 1. The van der Waals surface area contributed by atoms with Crippen LogP contribution in [0.2, 0.25) is 0 Å². The molecule has 158 valence electrons. The maximum absolute atomic E-state index is 11.7. The summed E-state index contributed by atoms with van der Waals surface area (Å²) in [6.45, 7) is 6.09. The third-order valence-electron chi connectivity index (χ3n) is 4.62. The van der Waals surface area contributed by atoms with Gasteiger partial charge in [0.2, 0.25) is 0 Å². The van der Waals surface area contributed by atoms with Crippen LogP contribution in [-0.2, 0) is 15.9 Å². The van der Waals surface area contributed by atoms with Gasteiger partial charge in [-0.25, -0.2) is 8.42 Å². The van der Waals surface area contributed by atoms with Crippen molar-refractivity contribution in [2.75, 3.05) is 6.61 Å².